The van der Waals surface area contributed by atoms with E-state index in [4.69, 9.17) is 15.8 Å². The van der Waals surface area contributed by atoms with Gasteiger partial charge in [0, 0.05) is 19.6 Å². The minimum atomic E-state index is -0.172. The Morgan fingerprint density at radius 3 is 2.95 bits per heavy atom. The van der Waals surface area contributed by atoms with Gasteiger partial charge in [0.05, 0.1) is 12.7 Å². The maximum Gasteiger partial charge on any atom is 0.334 e. The van der Waals surface area contributed by atoms with E-state index in [9.17, 15) is 4.79 Å². The van der Waals surface area contributed by atoms with Crippen molar-refractivity contribution in [2.24, 2.45) is 5.84 Å². The molecule has 0 spiro atoms. The molecule has 1 aromatic carbocycles. The second kappa shape index (κ2) is 5.59. The summed E-state index contributed by atoms with van der Waals surface area (Å²) < 4.78 is 5.15. The summed E-state index contributed by atoms with van der Waals surface area (Å²) in [4.78, 5) is 13.5. The van der Waals surface area contributed by atoms with Crippen LogP contribution >= 0.6 is 0 Å². The van der Waals surface area contributed by atoms with Gasteiger partial charge in [-0.2, -0.15) is 5.26 Å². The van der Waals surface area contributed by atoms with Gasteiger partial charge in [0.2, 0.25) is 0 Å². The van der Waals surface area contributed by atoms with Crippen molar-refractivity contribution in [3.8, 4) is 11.8 Å². The van der Waals surface area contributed by atoms with Gasteiger partial charge >= 0.3 is 6.03 Å². The molecule has 100 valence electrons. The maximum absolute atomic E-state index is 11.9. The number of carbonyl (C=O) groups is 1. The number of ether oxygens (including phenoxy) is 1. The molecular weight excluding hydrogens is 244 g/mol. The number of amides is 2. The van der Waals surface area contributed by atoms with Crippen LogP contribution in [-0.2, 0) is 6.54 Å². The third-order valence-corrected chi connectivity index (χ3v) is 3.10. The average molecular weight is 260 g/mol. The van der Waals surface area contributed by atoms with E-state index < -0.39 is 0 Å². The smallest absolute Gasteiger partial charge is 0.334 e. The van der Waals surface area contributed by atoms with Gasteiger partial charge in [0.25, 0.3) is 0 Å². The summed E-state index contributed by atoms with van der Waals surface area (Å²) in [6, 6.07) is 7.19. The van der Waals surface area contributed by atoms with Crippen LogP contribution in [-0.4, -0.2) is 36.1 Å². The molecule has 1 aliphatic rings. The Labute approximate surface area is 111 Å². The van der Waals surface area contributed by atoms with Crippen LogP contribution < -0.4 is 10.6 Å². The number of urea groups is 1. The summed E-state index contributed by atoms with van der Waals surface area (Å²) in [5, 5.41) is 10.1. The highest BCUT2D eigenvalue weighted by Gasteiger charge is 2.23. The van der Waals surface area contributed by atoms with Crippen molar-refractivity contribution < 1.29 is 9.53 Å². The fraction of sp³-hybridized carbons (Fsp3) is 0.385. The van der Waals surface area contributed by atoms with Gasteiger partial charge in [0.15, 0.2) is 0 Å². The van der Waals surface area contributed by atoms with Crippen molar-refractivity contribution >= 4 is 6.03 Å². The number of hydrogen-bond donors (Lipinski definition) is 1. The minimum absolute atomic E-state index is 0.172. The van der Waals surface area contributed by atoms with Crippen LogP contribution in [0.1, 0.15) is 17.5 Å². The maximum atomic E-state index is 11.9. The van der Waals surface area contributed by atoms with Crippen LogP contribution in [0, 0.1) is 11.3 Å². The molecule has 0 saturated carbocycles. The SMILES string of the molecule is COc1cc(CN2CCCN(N)C2=O)ccc1C#N. The van der Waals surface area contributed by atoms with Gasteiger partial charge in [-0.15, -0.1) is 0 Å². The summed E-state index contributed by atoms with van der Waals surface area (Å²) in [6.45, 7) is 1.75. The highest BCUT2D eigenvalue weighted by atomic mass is 16.5. The van der Waals surface area contributed by atoms with E-state index in [1.807, 2.05) is 6.07 Å². The lowest BCUT2D eigenvalue weighted by Gasteiger charge is -2.32. The Hall–Kier alpha value is -2.26. The van der Waals surface area contributed by atoms with Crippen molar-refractivity contribution in [2.75, 3.05) is 20.2 Å². The summed E-state index contributed by atoms with van der Waals surface area (Å²) in [5.74, 6) is 6.12. The van der Waals surface area contributed by atoms with Crippen molar-refractivity contribution in [1.29, 1.82) is 5.26 Å². The number of nitrogens with zero attached hydrogens (tertiary/aromatic N) is 3. The second-order valence-corrected chi connectivity index (χ2v) is 4.40. The van der Waals surface area contributed by atoms with Crippen LogP contribution in [0.15, 0.2) is 18.2 Å². The highest BCUT2D eigenvalue weighted by Crippen LogP contribution is 2.21. The first-order valence-corrected chi connectivity index (χ1v) is 6.04. The van der Waals surface area contributed by atoms with Crippen LogP contribution in [0.5, 0.6) is 5.75 Å². The Morgan fingerprint density at radius 1 is 1.47 bits per heavy atom. The molecule has 1 aliphatic heterocycles. The second-order valence-electron chi connectivity index (χ2n) is 4.40. The predicted molar refractivity (Wildman–Crippen MR) is 69.0 cm³/mol. The lowest BCUT2D eigenvalue weighted by molar-refractivity contribution is 0.127. The zero-order valence-corrected chi connectivity index (χ0v) is 10.8. The molecule has 0 aliphatic carbocycles. The molecule has 19 heavy (non-hydrogen) atoms. The van der Waals surface area contributed by atoms with Crippen molar-refractivity contribution in [1.82, 2.24) is 9.91 Å². The zero-order chi connectivity index (χ0) is 13.8. The lowest BCUT2D eigenvalue weighted by Crippen LogP contribution is -2.52. The van der Waals surface area contributed by atoms with E-state index in [0.717, 1.165) is 12.0 Å². The third kappa shape index (κ3) is 2.77. The molecule has 1 heterocycles. The predicted octanol–water partition coefficient (Wildman–Crippen LogP) is 1.07. The first kappa shape index (κ1) is 13.2. The number of methoxy groups -OCH3 is 1. The Morgan fingerprint density at radius 2 is 2.26 bits per heavy atom. The topological polar surface area (TPSA) is 82.6 Å². The number of rotatable bonds is 3. The van der Waals surface area contributed by atoms with Crippen LogP contribution in [0.25, 0.3) is 0 Å². The van der Waals surface area contributed by atoms with E-state index in [2.05, 4.69) is 6.07 Å². The first-order chi connectivity index (χ1) is 9.15. The van der Waals surface area contributed by atoms with E-state index in [1.54, 1.807) is 17.0 Å². The molecule has 1 saturated heterocycles. The van der Waals surface area contributed by atoms with Gasteiger partial charge in [0.1, 0.15) is 11.8 Å². The summed E-state index contributed by atoms with van der Waals surface area (Å²) in [5.41, 5.74) is 1.40. The molecule has 2 amide bonds. The van der Waals surface area contributed by atoms with Crippen molar-refractivity contribution in [2.45, 2.75) is 13.0 Å². The quantitative estimate of drug-likeness (QED) is 0.651. The number of hydrazine groups is 1. The van der Waals surface area contributed by atoms with Gasteiger partial charge in [-0.05, 0) is 24.1 Å². The lowest BCUT2D eigenvalue weighted by atomic mass is 10.1. The molecule has 0 radical (unpaired) electrons. The summed E-state index contributed by atoms with van der Waals surface area (Å²) in [6.07, 6.45) is 0.857. The van der Waals surface area contributed by atoms with Gasteiger partial charge in [-0.3, -0.25) is 5.01 Å². The van der Waals surface area contributed by atoms with Gasteiger partial charge in [-0.25, -0.2) is 10.6 Å². The minimum Gasteiger partial charge on any atom is -0.495 e. The Kier molecular flexibility index (Phi) is 3.88. The van der Waals surface area contributed by atoms with Gasteiger partial charge in [-0.1, -0.05) is 6.07 Å². The monoisotopic (exact) mass is 260 g/mol. The molecule has 2 rings (SSSR count). The molecule has 6 nitrogen and oxygen atoms in total. The average Bonchev–Trinajstić information content (AvgIpc) is 2.43. The van der Waals surface area contributed by atoms with Gasteiger partial charge < -0.3 is 9.64 Å². The number of carbonyl (C=O) groups excluding carboxylic acids is 1. The molecule has 1 aromatic rings. The molecule has 0 bridgehead atoms. The number of benzene rings is 1. The zero-order valence-electron chi connectivity index (χ0n) is 10.8. The van der Waals surface area contributed by atoms with E-state index >= 15 is 0 Å². The number of hydrogen-bond acceptors (Lipinski definition) is 4. The molecular formula is C13H16N4O2. The van der Waals surface area contributed by atoms with Crippen molar-refractivity contribution in [3.63, 3.8) is 0 Å². The molecule has 1 fully saturated rings. The molecule has 0 atom stereocenters. The normalized spacial score (nSPS) is 15.3. The molecule has 6 heteroatoms. The number of nitriles is 1. The standard InChI is InChI=1S/C13H16N4O2/c1-19-12-7-10(3-4-11(12)8-14)9-16-5-2-6-17(15)13(16)18/h3-4,7H,2,5-6,9,15H2,1H3. The summed E-state index contributed by atoms with van der Waals surface area (Å²) in [7, 11) is 1.52. The number of nitrogens with two attached hydrogens (primary N) is 1. The van der Waals surface area contributed by atoms with Crippen LogP contribution in [0.2, 0.25) is 0 Å². The Bertz CT molecular complexity index is 524. The Balaban J connectivity index is 2.15. The largest absolute Gasteiger partial charge is 0.495 e. The van der Waals surface area contributed by atoms with E-state index in [-0.39, 0.29) is 6.03 Å². The first-order valence-electron chi connectivity index (χ1n) is 6.04. The fourth-order valence-corrected chi connectivity index (χ4v) is 2.10. The molecule has 2 N–H and O–H groups in total. The van der Waals surface area contributed by atoms with Crippen molar-refractivity contribution in [3.05, 3.63) is 29.3 Å². The van der Waals surface area contributed by atoms with Crippen LogP contribution in [0.3, 0.4) is 0 Å². The van der Waals surface area contributed by atoms with Crippen LogP contribution in [0.4, 0.5) is 4.79 Å². The fourth-order valence-electron chi connectivity index (χ4n) is 2.10. The third-order valence-electron chi connectivity index (χ3n) is 3.10. The van der Waals surface area contributed by atoms with E-state index in [0.29, 0.717) is 30.9 Å². The van der Waals surface area contributed by atoms with E-state index in [1.165, 1.54) is 12.1 Å². The molecule has 0 aromatic heterocycles. The summed E-state index contributed by atoms with van der Waals surface area (Å²) >= 11 is 0. The highest BCUT2D eigenvalue weighted by molar-refractivity contribution is 5.74. The molecule has 0 unspecified atom stereocenters.